The number of aliphatic carboxylic acids is 1. The van der Waals surface area contributed by atoms with Crippen LogP contribution in [0.25, 0.3) is 0 Å². The molecule has 0 aromatic heterocycles. The van der Waals surface area contributed by atoms with Crippen LogP contribution in [0.2, 0.25) is 0 Å². The van der Waals surface area contributed by atoms with Crippen molar-refractivity contribution in [1.29, 1.82) is 0 Å². The fourth-order valence-electron chi connectivity index (χ4n) is 3.04. The molecule has 1 aliphatic rings. The molecule has 1 aromatic rings. The first kappa shape index (κ1) is 18.9. The van der Waals surface area contributed by atoms with Crippen LogP contribution in [0.4, 0.5) is 0 Å². The lowest BCUT2D eigenvalue weighted by molar-refractivity contribution is -0.143. The van der Waals surface area contributed by atoms with E-state index in [1.807, 2.05) is 32.0 Å². The van der Waals surface area contributed by atoms with Crippen molar-refractivity contribution in [1.82, 2.24) is 10.2 Å². The molecule has 2 amide bonds. The second kappa shape index (κ2) is 7.65. The molecule has 1 saturated heterocycles. The van der Waals surface area contributed by atoms with Crippen LogP contribution in [0, 0.1) is 13.8 Å². The maximum absolute atomic E-state index is 12.5. The lowest BCUT2D eigenvalue weighted by Crippen LogP contribution is -2.51. The monoisotopic (exact) mass is 348 g/mol. The van der Waals surface area contributed by atoms with Crippen LogP contribution in [0.5, 0.6) is 0 Å². The molecule has 3 N–H and O–H groups in total. The first-order valence-corrected chi connectivity index (χ1v) is 8.23. The second-order valence-electron chi connectivity index (χ2n) is 6.60. The molecule has 1 aliphatic heterocycles. The van der Waals surface area contributed by atoms with E-state index in [2.05, 4.69) is 5.32 Å². The highest BCUT2D eigenvalue weighted by molar-refractivity contribution is 5.90. The molecule has 0 bridgehead atoms. The Kier molecular flexibility index (Phi) is 5.79. The Balaban J connectivity index is 2.10. The molecule has 0 spiro atoms. The Bertz CT molecular complexity index is 688. The standard InChI is InChI=1S/C18H24N2O5/c1-10-4-5-13(6-11(10)2)7-15(18(24)25)19-17(23)16-8-14(22)9-20(16)12(3)21/h4-6,14-16,22H,7-9H2,1-3H3,(H,19,23)(H,24,25)/t14-,15-,16+/m1/s1. The van der Waals surface area contributed by atoms with E-state index >= 15 is 0 Å². The molecule has 0 radical (unpaired) electrons. The summed E-state index contributed by atoms with van der Waals surface area (Å²) in [5, 5.41) is 21.6. The van der Waals surface area contributed by atoms with Crippen LogP contribution in [-0.2, 0) is 20.8 Å². The zero-order chi connectivity index (χ0) is 18.7. The third-order valence-electron chi connectivity index (χ3n) is 4.61. The van der Waals surface area contributed by atoms with Crippen molar-refractivity contribution in [2.24, 2.45) is 0 Å². The Morgan fingerprint density at radius 3 is 2.52 bits per heavy atom. The van der Waals surface area contributed by atoms with Crippen LogP contribution < -0.4 is 5.32 Å². The molecule has 25 heavy (non-hydrogen) atoms. The zero-order valence-electron chi connectivity index (χ0n) is 14.7. The van der Waals surface area contributed by atoms with Crippen molar-refractivity contribution < 1.29 is 24.6 Å². The topological polar surface area (TPSA) is 107 Å². The van der Waals surface area contributed by atoms with Crippen molar-refractivity contribution in [2.45, 2.75) is 51.8 Å². The first-order chi connectivity index (χ1) is 11.7. The maximum atomic E-state index is 12.5. The number of hydrogen-bond donors (Lipinski definition) is 3. The van der Waals surface area contributed by atoms with Gasteiger partial charge in [0.15, 0.2) is 0 Å². The molecule has 2 rings (SSSR count). The molecular weight excluding hydrogens is 324 g/mol. The summed E-state index contributed by atoms with van der Waals surface area (Å²) in [7, 11) is 0. The minimum absolute atomic E-state index is 0.0856. The van der Waals surface area contributed by atoms with E-state index in [-0.39, 0.29) is 25.3 Å². The average molecular weight is 348 g/mol. The van der Waals surface area contributed by atoms with E-state index in [1.165, 1.54) is 11.8 Å². The fourth-order valence-corrected chi connectivity index (χ4v) is 3.04. The summed E-state index contributed by atoms with van der Waals surface area (Å²) in [6.45, 7) is 5.32. The zero-order valence-corrected chi connectivity index (χ0v) is 14.7. The number of aliphatic hydroxyl groups excluding tert-OH is 1. The summed E-state index contributed by atoms with van der Waals surface area (Å²) in [6.07, 6.45) is -0.512. The van der Waals surface area contributed by atoms with Gasteiger partial charge in [0, 0.05) is 26.3 Å². The van der Waals surface area contributed by atoms with Gasteiger partial charge in [0.1, 0.15) is 12.1 Å². The molecule has 7 nitrogen and oxygen atoms in total. The third kappa shape index (κ3) is 4.57. The van der Waals surface area contributed by atoms with Gasteiger partial charge in [-0.25, -0.2) is 4.79 Å². The number of likely N-dealkylation sites (tertiary alicyclic amines) is 1. The van der Waals surface area contributed by atoms with E-state index in [1.54, 1.807) is 0 Å². The van der Waals surface area contributed by atoms with Crippen LogP contribution in [0.3, 0.4) is 0 Å². The van der Waals surface area contributed by atoms with Crippen molar-refractivity contribution in [3.8, 4) is 0 Å². The predicted octanol–water partition coefficient (Wildman–Crippen LogP) is 0.397. The molecule has 1 aromatic carbocycles. The molecule has 1 heterocycles. The fraction of sp³-hybridized carbons (Fsp3) is 0.500. The predicted molar refractivity (Wildman–Crippen MR) is 91.0 cm³/mol. The Morgan fingerprint density at radius 2 is 1.96 bits per heavy atom. The second-order valence-corrected chi connectivity index (χ2v) is 6.60. The summed E-state index contributed by atoms with van der Waals surface area (Å²) < 4.78 is 0. The van der Waals surface area contributed by atoms with Crippen LogP contribution in [-0.4, -0.2) is 57.6 Å². The highest BCUT2D eigenvalue weighted by atomic mass is 16.4. The minimum Gasteiger partial charge on any atom is -0.480 e. The van der Waals surface area contributed by atoms with Crippen LogP contribution in [0.1, 0.15) is 30.0 Å². The van der Waals surface area contributed by atoms with E-state index < -0.39 is 30.1 Å². The number of aryl methyl sites for hydroxylation is 2. The number of carboxylic acids is 1. The number of benzene rings is 1. The van der Waals surface area contributed by atoms with Crippen molar-refractivity contribution in [3.05, 3.63) is 34.9 Å². The molecular formula is C18H24N2O5. The highest BCUT2D eigenvalue weighted by Crippen LogP contribution is 2.19. The normalized spacial score (nSPS) is 21.0. The van der Waals surface area contributed by atoms with Crippen molar-refractivity contribution in [3.63, 3.8) is 0 Å². The summed E-state index contributed by atoms with van der Waals surface area (Å²) in [5.41, 5.74) is 2.97. The number of nitrogens with zero attached hydrogens (tertiary/aromatic N) is 1. The number of rotatable bonds is 5. The smallest absolute Gasteiger partial charge is 0.326 e. The largest absolute Gasteiger partial charge is 0.480 e. The average Bonchev–Trinajstić information content (AvgIpc) is 2.92. The van der Waals surface area contributed by atoms with Gasteiger partial charge in [0.2, 0.25) is 11.8 Å². The number of β-amino-alcohol motifs (C(OH)–C–C–N with tert-alkyl or cyclic N) is 1. The van der Waals surface area contributed by atoms with Gasteiger partial charge in [-0.1, -0.05) is 18.2 Å². The molecule has 1 fully saturated rings. The van der Waals surface area contributed by atoms with Crippen molar-refractivity contribution >= 4 is 17.8 Å². The first-order valence-electron chi connectivity index (χ1n) is 8.23. The third-order valence-corrected chi connectivity index (χ3v) is 4.61. The molecule has 3 atom stereocenters. The van der Waals surface area contributed by atoms with Gasteiger partial charge >= 0.3 is 5.97 Å². The summed E-state index contributed by atoms with van der Waals surface area (Å²) in [4.78, 5) is 36.9. The summed E-state index contributed by atoms with van der Waals surface area (Å²) in [6, 6.07) is 3.72. The quantitative estimate of drug-likeness (QED) is 0.714. The highest BCUT2D eigenvalue weighted by Gasteiger charge is 2.38. The molecule has 136 valence electrons. The van der Waals surface area contributed by atoms with Crippen LogP contribution >= 0.6 is 0 Å². The molecule has 7 heteroatoms. The van der Waals surface area contributed by atoms with Gasteiger partial charge in [-0.15, -0.1) is 0 Å². The molecule has 0 aliphatic carbocycles. The van der Waals surface area contributed by atoms with E-state index in [0.29, 0.717) is 0 Å². The number of hydrogen-bond acceptors (Lipinski definition) is 4. The van der Waals surface area contributed by atoms with Gasteiger partial charge in [-0.05, 0) is 30.5 Å². The Hall–Kier alpha value is -2.41. The van der Waals surface area contributed by atoms with Crippen LogP contribution in [0.15, 0.2) is 18.2 Å². The number of aliphatic hydroxyl groups is 1. The lowest BCUT2D eigenvalue weighted by Gasteiger charge is -2.24. The van der Waals surface area contributed by atoms with Gasteiger partial charge in [-0.3, -0.25) is 9.59 Å². The van der Waals surface area contributed by atoms with Gasteiger partial charge in [-0.2, -0.15) is 0 Å². The maximum Gasteiger partial charge on any atom is 0.326 e. The van der Waals surface area contributed by atoms with Gasteiger partial charge in [0.05, 0.1) is 6.10 Å². The molecule has 0 saturated carbocycles. The van der Waals surface area contributed by atoms with Gasteiger partial charge in [0.25, 0.3) is 0 Å². The number of carboxylic acid groups (broad SMARTS) is 1. The Morgan fingerprint density at radius 1 is 1.28 bits per heavy atom. The van der Waals surface area contributed by atoms with E-state index in [0.717, 1.165) is 16.7 Å². The minimum atomic E-state index is -1.14. The van der Waals surface area contributed by atoms with E-state index in [9.17, 15) is 24.6 Å². The SMILES string of the molecule is CC(=O)N1C[C@H](O)C[C@H]1C(=O)N[C@H](Cc1ccc(C)c(C)c1)C(=O)O. The van der Waals surface area contributed by atoms with Crippen molar-refractivity contribution in [2.75, 3.05) is 6.54 Å². The number of nitrogens with one attached hydrogen (secondary N) is 1. The number of amides is 2. The summed E-state index contributed by atoms with van der Waals surface area (Å²) >= 11 is 0. The lowest BCUT2D eigenvalue weighted by atomic mass is 10.0. The molecule has 0 unspecified atom stereocenters. The van der Waals surface area contributed by atoms with Gasteiger partial charge < -0.3 is 20.4 Å². The Labute approximate surface area is 146 Å². The van der Waals surface area contributed by atoms with E-state index in [4.69, 9.17) is 0 Å². The number of carbonyl (C=O) groups excluding carboxylic acids is 2. The number of carbonyl (C=O) groups is 3. The summed E-state index contributed by atoms with van der Waals surface area (Å²) in [5.74, 6) is -2.01.